The summed E-state index contributed by atoms with van der Waals surface area (Å²) in [6, 6.07) is 0. The van der Waals surface area contributed by atoms with Gasteiger partial charge in [-0.1, -0.05) is 35.1 Å². The molecule has 0 radical (unpaired) electrons. The Labute approximate surface area is 79.9 Å². The lowest BCUT2D eigenvalue weighted by Crippen LogP contribution is -1.90. The van der Waals surface area contributed by atoms with Gasteiger partial charge in [-0.3, -0.25) is 0 Å². The molecule has 0 aromatic carbocycles. The van der Waals surface area contributed by atoms with E-state index < -0.39 is 0 Å². The molecule has 0 aliphatic rings. The van der Waals surface area contributed by atoms with Gasteiger partial charge in [0, 0.05) is 11.3 Å². The second-order valence-electron chi connectivity index (χ2n) is 3.42. The fraction of sp³-hybridized carbons (Fsp3) is 0.700. The first-order valence-corrected chi connectivity index (χ1v) is 4.94. The molecule has 0 atom stereocenters. The molecule has 0 aliphatic carbocycles. The molecule has 0 bridgehead atoms. The van der Waals surface area contributed by atoms with Crippen molar-refractivity contribution in [2.75, 3.05) is 0 Å². The van der Waals surface area contributed by atoms with Gasteiger partial charge >= 0.3 is 0 Å². The second kappa shape index (κ2) is 4.61. The lowest BCUT2D eigenvalue weighted by Gasteiger charge is -1.99. The highest BCUT2D eigenvalue weighted by molar-refractivity contribution is 7.09. The van der Waals surface area contributed by atoms with E-state index in [1.807, 2.05) is 0 Å². The molecule has 0 spiro atoms. The quantitative estimate of drug-likeness (QED) is 0.678. The topological polar surface area (TPSA) is 12.9 Å². The number of thiazole rings is 1. The van der Waals surface area contributed by atoms with Gasteiger partial charge in [-0.2, -0.15) is 0 Å². The van der Waals surface area contributed by atoms with Crippen LogP contribution in [0.4, 0.5) is 0 Å². The highest BCUT2D eigenvalue weighted by atomic mass is 32.1. The van der Waals surface area contributed by atoms with Crippen LogP contribution in [0.1, 0.15) is 57.7 Å². The van der Waals surface area contributed by atoms with Gasteiger partial charge in [-0.25, -0.2) is 4.98 Å². The summed E-state index contributed by atoms with van der Waals surface area (Å²) < 4.78 is 0. The SMILES string of the molecule is C.CC(C)c1csc(C(C)C)n1. The van der Waals surface area contributed by atoms with Crippen molar-refractivity contribution in [3.63, 3.8) is 0 Å². The van der Waals surface area contributed by atoms with Gasteiger partial charge in [0.25, 0.3) is 0 Å². The van der Waals surface area contributed by atoms with Gasteiger partial charge in [0.05, 0.1) is 10.7 Å². The summed E-state index contributed by atoms with van der Waals surface area (Å²) in [4.78, 5) is 4.53. The predicted octanol–water partition coefficient (Wildman–Crippen LogP) is 4.03. The van der Waals surface area contributed by atoms with E-state index in [2.05, 4.69) is 38.1 Å². The van der Waals surface area contributed by atoms with Gasteiger partial charge in [-0.15, -0.1) is 11.3 Å². The van der Waals surface area contributed by atoms with Crippen LogP contribution in [0.15, 0.2) is 5.38 Å². The van der Waals surface area contributed by atoms with Crippen LogP contribution in [0.2, 0.25) is 0 Å². The van der Waals surface area contributed by atoms with Gasteiger partial charge in [0.2, 0.25) is 0 Å². The Morgan fingerprint density at radius 3 is 2.00 bits per heavy atom. The fourth-order valence-electron chi connectivity index (χ4n) is 0.831. The fourth-order valence-corrected chi connectivity index (χ4v) is 1.83. The first-order valence-electron chi connectivity index (χ1n) is 4.06. The zero-order valence-corrected chi connectivity index (χ0v) is 8.40. The maximum Gasteiger partial charge on any atom is 0.0953 e. The summed E-state index contributed by atoms with van der Waals surface area (Å²) in [5, 5.41) is 3.42. The van der Waals surface area contributed by atoms with Crippen LogP contribution in [0.3, 0.4) is 0 Å². The molecule has 0 saturated heterocycles. The van der Waals surface area contributed by atoms with Crippen molar-refractivity contribution < 1.29 is 0 Å². The molecule has 0 unspecified atom stereocenters. The Morgan fingerprint density at radius 2 is 1.75 bits per heavy atom. The van der Waals surface area contributed by atoms with E-state index in [4.69, 9.17) is 0 Å². The van der Waals surface area contributed by atoms with Crippen molar-refractivity contribution >= 4 is 11.3 Å². The van der Waals surface area contributed by atoms with Crippen molar-refractivity contribution in [2.24, 2.45) is 0 Å². The Balaban J connectivity index is 0.00000121. The summed E-state index contributed by atoms with van der Waals surface area (Å²) in [6.45, 7) is 8.73. The van der Waals surface area contributed by atoms with Crippen molar-refractivity contribution in [2.45, 2.75) is 47.0 Å². The van der Waals surface area contributed by atoms with Crippen LogP contribution in [0.25, 0.3) is 0 Å². The highest BCUT2D eigenvalue weighted by Crippen LogP contribution is 2.23. The van der Waals surface area contributed by atoms with Gasteiger partial charge in [-0.05, 0) is 5.92 Å². The molecule has 1 aromatic heterocycles. The number of hydrogen-bond donors (Lipinski definition) is 0. The molecule has 0 saturated carbocycles. The molecule has 70 valence electrons. The maximum atomic E-state index is 4.53. The van der Waals surface area contributed by atoms with E-state index >= 15 is 0 Å². The molecule has 0 amide bonds. The van der Waals surface area contributed by atoms with E-state index in [-0.39, 0.29) is 7.43 Å². The first kappa shape index (κ1) is 11.6. The van der Waals surface area contributed by atoms with E-state index in [1.165, 1.54) is 10.7 Å². The number of aromatic nitrogens is 1. The summed E-state index contributed by atoms with van der Waals surface area (Å²) in [5.41, 5.74) is 1.23. The molecule has 1 heterocycles. The summed E-state index contributed by atoms with van der Waals surface area (Å²) in [6.07, 6.45) is 0. The van der Waals surface area contributed by atoms with Gasteiger partial charge in [0.15, 0.2) is 0 Å². The summed E-state index contributed by atoms with van der Waals surface area (Å²) >= 11 is 1.77. The summed E-state index contributed by atoms with van der Waals surface area (Å²) in [5.74, 6) is 1.14. The Morgan fingerprint density at radius 1 is 1.17 bits per heavy atom. The van der Waals surface area contributed by atoms with Crippen LogP contribution in [-0.2, 0) is 0 Å². The smallest absolute Gasteiger partial charge is 0.0953 e. The molecule has 0 fully saturated rings. The van der Waals surface area contributed by atoms with Crippen molar-refractivity contribution in [3.05, 3.63) is 16.1 Å². The van der Waals surface area contributed by atoms with Gasteiger partial charge in [0.1, 0.15) is 0 Å². The van der Waals surface area contributed by atoms with Crippen LogP contribution < -0.4 is 0 Å². The number of rotatable bonds is 2. The molecule has 12 heavy (non-hydrogen) atoms. The predicted molar refractivity (Wildman–Crippen MR) is 57.0 cm³/mol. The Kier molecular flexibility index (Phi) is 4.46. The van der Waals surface area contributed by atoms with E-state index in [9.17, 15) is 0 Å². The Hall–Kier alpha value is -0.370. The zero-order chi connectivity index (χ0) is 8.43. The van der Waals surface area contributed by atoms with Crippen molar-refractivity contribution in [1.29, 1.82) is 0 Å². The largest absolute Gasteiger partial charge is 0.246 e. The summed E-state index contributed by atoms with van der Waals surface area (Å²) in [7, 11) is 0. The minimum atomic E-state index is 0. The minimum absolute atomic E-state index is 0. The third kappa shape index (κ3) is 2.59. The lowest BCUT2D eigenvalue weighted by molar-refractivity contribution is 0.793. The number of hydrogen-bond acceptors (Lipinski definition) is 2. The molecule has 0 aliphatic heterocycles. The molecule has 1 nitrogen and oxygen atoms in total. The van der Waals surface area contributed by atoms with Crippen LogP contribution in [0.5, 0.6) is 0 Å². The molecule has 2 heteroatoms. The average Bonchev–Trinajstić information content (AvgIpc) is 2.33. The average molecular weight is 185 g/mol. The normalized spacial score (nSPS) is 10.5. The second-order valence-corrected chi connectivity index (χ2v) is 4.31. The molecule has 1 aromatic rings. The maximum absolute atomic E-state index is 4.53. The Bertz CT molecular complexity index is 203. The minimum Gasteiger partial charge on any atom is -0.246 e. The molecule has 0 N–H and O–H groups in total. The van der Waals surface area contributed by atoms with E-state index in [1.54, 1.807) is 11.3 Å². The van der Waals surface area contributed by atoms with Crippen molar-refractivity contribution in [1.82, 2.24) is 4.98 Å². The molecular formula is C10H19NS. The number of nitrogens with zero attached hydrogens (tertiary/aromatic N) is 1. The molecular weight excluding hydrogens is 166 g/mol. The highest BCUT2D eigenvalue weighted by Gasteiger charge is 2.07. The first-order chi connectivity index (χ1) is 5.11. The monoisotopic (exact) mass is 185 g/mol. The van der Waals surface area contributed by atoms with Crippen molar-refractivity contribution in [3.8, 4) is 0 Å². The third-order valence-corrected chi connectivity index (χ3v) is 2.79. The lowest BCUT2D eigenvalue weighted by atomic mass is 10.1. The van der Waals surface area contributed by atoms with Gasteiger partial charge < -0.3 is 0 Å². The van der Waals surface area contributed by atoms with E-state index in [0.29, 0.717) is 11.8 Å². The zero-order valence-electron chi connectivity index (χ0n) is 7.59. The third-order valence-electron chi connectivity index (χ3n) is 1.63. The van der Waals surface area contributed by atoms with E-state index in [0.717, 1.165) is 0 Å². The van der Waals surface area contributed by atoms with Crippen LogP contribution >= 0.6 is 11.3 Å². The van der Waals surface area contributed by atoms with Crippen LogP contribution in [0, 0.1) is 0 Å². The van der Waals surface area contributed by atoms with Crippen LogP contribution in [-0.4, -0.2) is 4.98 Å². The standard InChI is InChI=1S/C9H15NS.CH4/c1-6(2)8-5-11-9(10-8)7(3)4;/h5-7H,1-4H3;1H4. The molecule has 1 rings (SSSR count).